The number of carbonyl (C=O) groups excluding carboxylic acids is 2. The zero-order chi connectivity index (χ0) is 15.3. The van der Waals surface area contributed by atoms with Crippen LogP contribution >= 0.6 is 0 Å². The van der Waals surface area contributed by atoms with Crippen LogP contribution in [-0.2, 0) is 15.7 Å². The number of ether oxygens (including phenoxy) is 1. The topological polar surface area (TPSA) is 75.6 Å². The van der Waals surface area contributed by atoms with Gasteiger partial charge in [-0.3, -0.25) is 4.79 Å². The number of aliphatic hydroxyl groups excluding tert-OH is 1. The molecule has 1 atom stereocenters. The molecule has 0 fully saturated rings. The van der Waals surface area contributed by atoms with Gasteiger partial charge in [-0.05, 0) is 24.3 Å². The second-order valence-electron chi connectivity index (χ2n) is 3.81. The normalized spacial score (nSPS) is 12.7. The van der Waals surface area contributed by atoms with Gasteiger partial charge in [-0.2, -0.15) is 13.2 Å². The average Bonchev–Trinajstić information content (AvgIpc) is 2.42. The highest BCUT2D eigenvalue weighted by Crippen LogP contribution is 2.29. The zero-order valence-electron chi connectivity index (χ0n) is 10.4. The first kappa shape index (κ1) is 16.0. The van der Waals surface area contributed by atoms with E-state index in [2.05, 4.69) is 10.1 Å². The van der Waals surface area contributed by atoms with Crippen molar-refractivity contribution < 1.29 is 32.6 Å². The Bertz CT molecular complexity index is 484. The summed E-state index contributed by atoms with van der Waals surface area (Å²) in [6.45, 7) is -0.681. The lowest BCUT2D eigenvalue weighted by atomic mass is 10.1. The van der Waals surface area contributed by atoms with Crippen molar-refractivity contribution in [1.82, 2.24) is 5.32 Å². The van der Waals surface area contributed by atoms with Gasteiger partial charge in [-0.15, -0.1) is 0 Å². The largest absolute Gasteiger partial charge is 0.467 e. The Kier molecular flexibility index (Phi) is 5.09. The van der Waals surface area contributed by atoms with E-state index in [-0.39, 0.29) is 5.56 Å². The first-order valence-corrected chi connectivity index (χ1v) is 5.46. The molecule has 1 unspecified atom stereocenters. The van der Waals surface area contributed by atoms with Crippen LogP contribution in [-0.4, -0.2) is 36.7 Å². The van der Waals surface area contributed by atoms with Crippen molar-refractivity contribution in [2.45, 2.75) is 12.2 Å². The number of benzene rings is 1. The Morgan fingerprint density at radius 2 is 1.85 bits per heavy atom. The summed E-state index contributed by atoms with van der Waals surface area (Å²) in [6, 6.07) is 2.19. The van der Waals surface area contributed by atoms with Crippen LogP contribution in [0.4, 0.5) is 13.2 Å². The zero-order valence-corrected chi connectivity index (χ0v) is 10.4. The minimum absolute atomic E-state index is 0.0691. The Hall–Kier alpha value is -2.09. The van der Waals surface area contributed by atoms with E-state index < -0.39 is 36.3 Å². The molecular weight excluding hydrogens is 279 g/mol. The third-order valence-corrected chi connectivity index (χ3v) is 2.45. The second kappa shape index (κ2) is 6.38. The number of alkyl halides is 3. The fourth-order valence-electron chi connectivity index (χ4n) is 1.37. The van der Waals surface area contributed by atoms with Gasteiger partial charge >= 0.3 is 12.1 Å². The molecule has 0 aliphatic carbocycles. The molecule has 0 heterocycles. The summed E-state index contributed by atoms with van der Waals surface area (Å²) in [4.78, 5) is 22.8. The molecule has 2 N–H and O–H groups in total. The molecule has 1 rings (SSSR count). The summed E-state index contributed by atoms with van der Waals surface area (Å²) < 4.78 is 41.4. The van der Waals surface area contributed by atoms with Gasteiger partial charge in [0.05, 0.1) is 19.3 Å². The van der Waals surface area contributed by atoms with Crippen molar-refractivity contribution in [3.05, 3.63) is 35.4 Å². The lowest BCUT2D eigenvalue weighted by Crippen LogP contribution is -2.44. The molecule has 0 aliphatic heterocycles. The number of esters is 1. The molecule has 110 valence electrons. The molecule has 0 aliphatic rings. The standard InChI is InChI=1S/C12H12F3NO4/c1-20-11(19)9(6-17)16-10(18)7-2-4-8(5-3-7)12(13,14)15/h2-5,9,17H,6H2,1H3,(H,16,18). The summed E-state index contributed by atoms with van der Waals surface area (Å²) >= 11 is 0. The third-order valence-electron chi connectivity index (χ3n) is 2.45. The quantitative estimate of drug-likeness (QED) is 0.811. The molecule has 0 radical (unpaired) electrons. The van der Waals surface area contributed by atoms with Crippen LogP contribution in [0.2, 0.25) is 0 Å². The van der Waals surface area contributed by atoms with Gasteiger partial charge in [0.15, 0.2) is 6.04 Å². The van der Waals surface area contributed by atoms with Crippen molar-refractivity contribution in [3.63, 3.8) is 0 Å². The fourth-order valence-corrected chi connectivity index (χ4v) is 1.37. The number of nitrogens with one attached hydrogen (secondary N) is 1. The van der Waals surface area contributed by atoms with E-state index in [1.54, 1.807) is 0 Å². The minimum Gasteiger partial charge on any atom is -0.467 e. The van der Waals surface area contributed by atoms with Gasteiger partial charge in [0.2, 0.25) is 0 Å². The molecule has 1 amide bonds. The van der Waals surface area contributed by atoms with E-state index in [4.69, 9.17) is 5.11 Å². The monoisotopic (exact) mass is 291 g/mol. The van der Waals surface area contributed by atoms with Crippen LogP contribution in [0.15, 0.2) is 24.3 Å². The molecule has 0 saturated carbocycles. The number of aliphatic hydroxyl groups is 1. The van der Waals surface area contributed by atoms with Crippen molar-refractivity contribution in [2.75, 3.05) is 13.7 Å². The van der Waals surface area contributed by atoms with Crippen LogP contribution in [0.25, 0.3) is 0 Å². The number of hydrogen-bond acceptors (Lipinski definition) is 4. The Labute approximate surface area is 112 Å². The minimum atomic E-state index is -4.49. The van der Waals surface area contributed by atoms with Crippen LogP contribution in [0.5, 0.6) is 0 Å². The van der Waals surface area contributed by atoms with E-state index in [0.717, 1.165) is 31.4 Å². The van der Waals surface area contributed by atoms with Gasteiger partial charge in [0, 0.05) is 5.56 Å². The number of halogens is 3. The number of rotatable bonds is 4. The van der Waals surface area contributed by atoms with E-state index >= 15 is 0 Å². The van der Waals surface area contributed by atoms with Gasteiger partial charge in [0.25, 0.3) is 5.91 Å². The van der Waals surface area contributed by atoms with Crippen LogP contribution in [0, 0.1) is 0 Å². The Morgan fingerprint density at radius 1 is 1.30 bits per heavy atom. The molecule has 5 nitrogen and oxygen atoms in total. The molecule has 0 bridgehead atoms. The molecular formula is C12H12F3NO4. The lowest BCUT2D eigenvalue weighted by Gasteiger charge is -2.14. The van der Waals surface area contributed by atoms with Crippen molar-refractivity contribution in [3.8, 4) is 0 Å². The summed E-state index contributed by atoms with van der Waals surface area (Å²) in [5, 5.41) is 11.1. The predicted molar refractivity (Wildman–Crippen MR) is 61.8 cm³/mol. The maximum absolute atomic E-state index is 12.3. The van der Waals surface area contributed by atoms with Crippen molar-refractivity contribution in [1.29, 1.82) is 0 Å². The number of hydrogen-bond donors (Lipinski definition) is 2. The second-order valence-corrected chi connectivity index (χ2v) is 3.81. The number of methoxy groups -OCH3 is 1. The highest BCUT2D eigenvalue weighted by atomic mass is 19.4. The van der Waals surface area contributed by atoms with Gasteiger partial charge < -0.3 is 15.2 Å². The smallest absolute Gasteiger partial charge is 0.416 e. The van der Waals surface area contributed by atoms with E-state index in [1.165, 1.54) is 0 Å². The highest BCUT2D eigenvalue weighted by molar-refractivity contribution is 5.96. The lowest BCUT2D eigenvalue weighted by molar-refractivity contribution is -0.143. The van der Waals surface area contributed by atoms with E-state index in [9.17, 15) is 22.8 Å². The molecule has 8 heteroatoms. The van der Waals surface area contributed by atoms with Crippen LogP contribution < -0.4 is 5.32 Å². The molecule has 0 saturated heterocycles. The van der Waals surface area contributed by atoms with E-state index in [1.807, 2.05) is 0 Å². The van der Waals surface area contributed by atoms with Crippen LogP contribution in [0.3, 0.4) is 0 Å². The van der Waals surface area contributed by atoms with Crippen LogP contribution in [0.1, 0.15) is 15.9 Å². The Balaban J connectivity index is 2.80. The summed E-state index contributed by atoms with van der Waals surface area (Å²) in [7, 11) is 1.08. The SMILES string of the molecule is COC(=O)C(CO)NC(=O)c1ccc(C(F)(F)F)cc1. The third kappa shape index (κ3) is 3.95. The van der Waals surface area contributed by atoms with Gasteiger partial charge in [0.1, 0.15) is 0 Å². The molecule has 0 spiro atoms. The molecule has 0 aromatic heterocycles. The summed E-state index contributed by atoms with van der Waals surface area (Å²) in [6.07, 6.45) is -4.49. The van der Waals surface area contributed by atoms with Crippen molar-refractivity contribution in [2.24, 2.45) is 0 Å². The summed E-state index contributed by atoms with van der Waals surface area (Å²) in [5.41, 5.74) is -0.957. The number of carbonyl (C=O) groups is 2. The molecule has 20 heavy (non-hydrogen) atoms. The average molecular weight is 291 g/mol. The first-order chi connectivity index (χ1) is 9.29. The molecule has 1 aromatic carbocycles. The fraction of sp³-hybridized carbons (Fsp3) is 0.333. The Morgan fingerprint density at radius 3 is 2.25 bits per heavy atom. The number of amides is 1. The molecule has 1 aromatic rings. The maximum atomic E-state index is 12.3. The van der Waals surface area contributed by atoms with Crippen molar-refractivity contribution >= 4 is 11.9 Å². The highest BCUT2D eigenvalue weighted by Gasteiger charge is 2.30. The predicted octanol–water partition coefficient (Wildman–Crippen LogP) is 0.969. The van der Waals surface area contributed by atoms with Gasteiger partial charge in [-0.25, -0.2) is 4.79 Å². The first-order valence-electron chi connectivity index (χ1n) is 5.46. The van der Waals surface area contributed by atoms with Gasteiger partial charge in [-0.1, -0.05) is 0 Å². The summed E-state index contributed by atoms with van der Waals surface area (Å²) in [5.74, 6) is -1.64. The maximum Gasteiger partial charge on any atom is 0.416 e. The van der Waals surface area contributed by atoms with E-state index in [0.29, 0.717) is 0 Å².